The van der Waals surface area contributed by atoms with E-state index in [-0.39, 0.29) is 16.9 Å². The maximum atomic E-state index is 13.1. The van der Waals surface area contributed by atoms with Crippen LogP contribution in [0.5, 0.6) is 0 Å². The van der Waals surface area contributed by atoms with Crippen molar-refractivity contribution in [3.8, 4) is 0 Å². The Morgan fingerprint density at radius 1 is 1.56 bits per heavy atom. The molecule has 1 heterocycles. The lowest BCUT2D eigenvalue weighted by molar-refractivity contribution is 0.628. The molecule has 0 aliphatic heterocycles. The summed E-state index contributed by atoms with van der Waals surface area (Å²) in [6, 6.07) is 4.46. The number of nitrogens with zero attached hydrogens (tertiary/aromatic N) is 2. The van der Waals surface area contributed by atoms with Crippen LogP contribution in [0.3, 0.4) is 0 Å². The van der Waals surface area contributed by atoms with E-state index < -0.39 is 10.8 Å². The zero-order valence-corrected chi connectivity index (χ0v) is 11.8. The summed E-state index contributed by atoms with van der Waals surface area (Å²) in [4.78, 5) is 4.30. The molecule has 2 rings (SSSR count). The molecule has 1 aromatic carbocycles. The highest BCUT2D eigenvalue weighted by Crippen LogP contribution is 2.19. The number of imidazole rings is 1. The first-order chi connectivity index (χ1) is 8.52. The Morgan fingerprint density at radius 3 is 2.89 bits per heavy atom. The second kappa shape index (κ2) is 5.36. The van der Waals surface area contributed by atoms with Gasteiger partial charge in [-0.3, -0.25) is 4.21 Å². The average molecular weight is 289 g/mol. The van der Waals surface area contributed by atoms with Crippen LogP contribution in [0.2, 0.25) is 0 Å². The van der Waals surface area contributed by atoms with E-state index in [2.05, 4.69) is 4.98 Å². The number of alkyl halides is 1. The highest BCUT2D eigenvalue weighted by molar-refractivity contribution is 7.84. The fourth-order valence-electron chi connectivity index (χ4n) is 1.82. The molecule has 0 spiro atoms. The average Bonchev–Trinajstić information content (AvgIpc) is 2.66. The van der Waals surface area contributed by atoms with E-state index in [4.69, 9.17) is 11.6 Å². The number of fused-ring (bicyclic) bond motifs is 1. The lowest BCUT2D eigenvalue weighted by Crippen LogP contribution is -2.18. The van der Waals surface area contributed by atoms with Crippen LogP contribution in [0.15, 0.2) is 18.2 Å². The quantitative estimate of drug-likeness (QED) is 0.811. The van der Waals surface area contributed by atoms with Gasteiger partial charge in [-0.25, -0.2) is 9.37 Å². The van der Waals surface area contributed by atoms with Crippen molar-refractivity contribution < 1.29 is 8.60 Å². The van der Waals surface area contributed by atoms with Gasteiger partial charge in [0.2, 0.25) is 0 Å². The molecular weight excluding hydrogens is 275 g/mol. The first-order valence-corrected chi connectivity index (χ1v) is 7.71. The van der Waals surface area contributed by atoms with Gasteiger partial charge in [-0.2, -0.15) is 0 Å². The summed E-state index contributed by atoms with van der Waals surface area (Å²) in [5, 5.41) is -0.00517. The maximum absolute atomic E-state index is 13.1. The van der Waals surface area contributed by atoms with Gasteiger partial charge < -0.3 is 4.57 Å². The van der Waals surface area contributed by atoms with Crippen LogP contribution < -0.4 is 0 Å². The van der Waals surface area contributed by atoms with Crippen molar-refractivity contribution in [2.45, 2.75) is 24.6 Å². The number of rotatable bonds is 4. The third kappa shape index (κ3) is 2.57. The normalized spacial score (nSPS) is 14.9. The van der Waals surface area contributed by atoms with E-state index in [1.807, 2.05) is 11.5 Å². The maximum Gasteiger partial charge on any atom is 0.125 e. The highest BCUT2D eigenvalue weighted by Gasteiger charge is 2.14. The first kappa shape index (κ1) is 13.5. The van der Waals surface area contributed by atoms with Crippen molar-refractivity contribution in [1.29, 1.82) is 0 Å². The topological polar surface area (TPSA) is 34.9 Å². The minimum Gasteiger partial charge on any atom is -0.326 e. The van der Waals surface area contributed by atoms with Gasteiger partial charge in [0, 0.05) is 34.9 Å². The third-order valence-corrected chi connectivity index (χ3v) is 4.44. The Morgan fingerprint density at radius 2 is 2.28 bits per heavy atom. The van der Waals surface area contributed by atoms with Crippen molar-refractivity contribution in [3.63, 3.8) is 0 Å². The molecule has 0 radical (unpaired) electrons. The molecule has 2 aromatic rings. The zero-order valence-electron chi connectivity index (χ0n) is 10.2. The Kier molecular flexibility index (Phi) is 4.02. The second-order valence-corrected chi connectivity index (χ2v) is 6.28. The van der Waals surface area contributed by atoms with Crippen molar-refractivity contribution in [1.82, 2.24) is 9.55 Å². The van der Waals surface area contributed by atoms with E-state index in [9.17, 15) is 8.60 Å². The number of hydrogen-bond donors (Lipinski definition) is 0. The number of hydrogen-bond acceptors (Lipinski definition) is 2. The van der Waals surface area contributed by atoms with Crippen molar-refractivity contribution in [2.24, 2.45) is 0 Å². The van der Waals surface area contributed by atoms with Crippen LogP contribution in [-0.4, -0.2) is 25.3 Å². The molecule has 2 unspecified atom stereocenters. The molecule has 3 nitrogen and oxygen atoms in total. The Labute approximate surface area is 112 Å². The minimum atomic E-state index is -0.918. The largest absolute Gasteiger partial charge is 0.326 e. The molecule has 0 saturated carbocycles. The molecular formula is C12H14ClFN2OS. The Hall–Kier alpha value is -0.940. The number of halogens is 2. The summed E-state index contributed by atoms with van der Waals surface area (Å²) in [7, 11) is -0.918. The zero-order chi connectivity index (χ0) is 13.3. The highest BCUT2D eigenvalue weighted by atomic mass is 35.5. The van der Waals surface area contributed by atoms with Crippen LogP contribution >= 0.6 is 11.6 Å². The van der Waals surface area contributed by atoms with Crippen LogP contribution in [0, 0.1) is 5.82 Å². The standard InChI is InChI=1S/C12H14ClFN2OS/c1-8(18(2)17)7-16-11-4-3-9(14)5-10(11)15-12(16)6-13/h3-5,8H,6-7H2,1-2H3. The summed E-state index contributed by atoms with van der Waals surface area (Å²) in [6.07, 6.45) is 1.67. The van der Waals surface area contributed by atoms with E-state index in [1.165, 1.54) is 12.1 Å². The summed E-state index contributed by atoms with van der Waals surface area (Å²) in [6.45, 7) is 2.47. The van der Waals surface area contributed by atoms with Gasteiger partial charge in [0.25, 0.3) is 0 Å². The van der Waals surface area contributed by atoms with Gasteiger partial charge in [0.15, 0.2) is 0 Å². The van der Waals surface area contributed by atoms with Gasteiger partial charge in [0.05, 0.1) is 16.9 Å². The molecule has 18 heavy (non-hydrogen) atoms. The Balaban J connectivity index is 2.50. The van der Waals surface area contributed by atoms with Crippen molar-refractivity contribution >= 4 is 33.4 Å². The van der Waals surface area contributed by atoms with Crippen LogP contribution in [0.25, 0.3) is 11.0 Å². The van der Waals surface area contributed by atoms with Gasteiger partial charge in [-0.05, 0) is 19.1 Å². The van der Waals surface area contributed by atoms with Gasteiger partial charge >= 0.3 is 0 Å². The molecule has 98 valence electrons. The van der Waals surface area contributed by atoms with E-state index in [1.54, 1.807) is 12.3 Å². The molecule has 2 atom stereocenters. The van der Waals surface area contributed by atoms with Gasteiger partial charge in [0.1, 0.15) is 11.6 Å². The van der Waals surface area contributed by atoms with Gasteiger partial charge in [-0.1, -0.05) is 0 Å². The second-order valence-electron chi connectivity index (χ2n) is 4.21. The fourth-order valence-corrected chi connectivity index (χ4v) is 2.38. The third-order valence-electron chi connectivity index (χ3n) is 2.92. The predicted octanol–water partition coefficient (Wildman–Crippen LogP) is 2.68. The van der Waals surface area contributed by atoms with Crippen LogP contribution in [0.1, 0.15) is 12.7 Å². The monoisotopic (exact) mass is 288 g/mol. The van der Waals surface area contributed by atoms with Crippen LogP contribution in [-0.2, 0) is 23.2 Å². The summed E-state index contributed by atoms with van der Waals surface area (Å²) in [5.41, 5.74) is 1.41. The SMILES string of the molecule is CC(Cn1c(CCl)nc2cc(F)ccc21)S(C)=O. The van der Waals surface area contributed by atoms with Crippen molar-refractivity contribution in [2.75, 3.05) is 6.26 Å². The molecule has 0 saturated heterocycles. The number of aromatic nitrogens is 2. The lowest BCUT2D eigenvalue weighted by atomic mass is 10.3. The summed E-state index contributed by atoms with van der Waals surface area (Å²) in [5.74, 6) is 0.606. The smallest absolute Gasteiger partial charge is 0.125 e. The molecule has 0 fully saturated rings. The lowest BCUT2D eigenvalue weighted by Gasteiger charge is -2.12. The molecule has 0 amide bonds. The van der Waals surface area contributed by atoms with E-state index in [0.717, 1.165) is 5.52 Å². The van der Waals surface area contributed by atoms with E-state index >= 15 is 0 Å². The fraction of sp³-hybridized carbons (Fsp3) is 0.417. The number of benzene rings is 1. The molecule has 0 aliphatic carbocycles. The molecule has 6 heteroatoms. The van der Waals surface area contributed by atoms with E-state index in [0.29, 0.717) is 17.9 Å². The predicted molar refractivity (Wildman–Crippen MR) is 72.8 cm³/mol. The molecule has 0 N–H and O–H groups in total. The first-order valence-electron chi connectivity index (χ1n) is 5.55. The molecule has 0 bridgehead atoms. The summed E-state index contributed by atoms with van der Waals surface area (Å²) >= 11 is 5.85. The van der Waals surface area contributed by atoms with Crippen LogP contribution in [0.4, 0.5) is 4.39 Å². The van der Waals surface area contributed by atoms with Crippen molar-refractivity contribution in [3.05, 3.63) is 29.8 Å². The minimum absolute atomic E-state index is 0.00517. The Bertz CT molecular complexity index is 599. The molecule has 0 aliphatic rings. The molecule has 1 aromatic heterocycles. The summed E-state index contributed by atoms with van der Waals surface area (Å²) < 4.78 is 26.5. The van der Waals surface area contributed by atoms with Gasteiger partial charge in [-0.15, -0.1) is 11.6 Å².